The standard InChI is InChI=1S/C11H12IN2O2/c1-13-11(15)8-4-3-7(14(2)16)5-9(8)10-6-12-10/h3-5,10H,2,6H2,1H3,(H,13,15)/q-1/t10-/m0/s1. The van der Waals surface area contributed by atoms with Gasteiger partial charge in [0, 0.05) is 0 Å². The van der Waals surface area contributed by atoms with E-state index < -0.39 is 0 Å². The quantitative estimate of drug-likeness (QED) is 0.175. The minimum atomic E-state index is -0.0843. The Morgan fingerprint density at radius 3 is 2.88 bits per heavy atom. The summed E-state index contributed by atoms with van der Waals surface area (Å²) in [6.07, 6.45) is 0. The van der Waals surface area contributed by atoms with Crippen molar-refractivity contribution >= 4 is 18.3 Å². The summed E-state index contributed by atoms with van der Waals surface area (Å²) in [5, 5.41) is 13.7. The Bertz CT molecular complexity index is 455. The van der Waals surface area contributed by atoms with Crippen LogP contribution in [-0.2, 0) is 0 Å². The molecule has 1 aromatic carbocycles. The Hall–Kier alpha value is -1.11. The summed E-state index contributed by atoms with van der Waals surface area (Å²) in [5.41, 5.74) is 2.21. The van der Waals surface area contributed by atoms with E-state index >= 15 is 0 Å². The van der Waals surface area contributed by atoms with E-state index in [4.69, 9.17) is 0 Å². The molecule has 0 unspecified atom stereocenters. The van der Waals surface area contributed by atoms with Crippen molar-refractivity contribution in [2.24, 2.45) is 0 Å². The molecule has 1 aliphatic rings. The summed E-state index contributed by atoms with van der Waals surface area (Å²) in [4.78, 5) is 11.6. The van der Waals surface area contributed by atoms with Crippen molar-refractivity contribution in [2.75, 3.05) is 11.5 Å². The van der Waals surface area contributed by atoms with Crippen LogP contribution in [0.1, 0.15) is 19.8 Å². The van der Waals surface area contributed by atoms with Crippen molar-refractivity contribution < 1.29 is 30.7 Å². The third-order valence-electron chi connectivity index (χ3n) is 2.44. The molecule has 86 valence electrons. The first-order chi connectivity index (χ1) is 7.63. The van der Waals surface area contributed by atoms with Gasteiger partial charge in [0.1, 0.15) is 0 Å². The number of nitrogens with zero attached hydrogens (tertiary/aromatic N) is 1. The number of hydrogen-bond donors (Lipinski definition) is 1. The second-order valence-corrected chi connectivity index (χ2v) is 6.77. The molecule has 0 saturated carbocycles. The van der Waals surface area contributed by atoms with Crippen LogP contribution in [0.25, 0.3) is 0 Å². The second-order valence-electron chi connectivity index (χ2n) is 3.51. The zero-order chi connectivity index (χ0) is 11.7. The number of rotatable bonds is 3. The molecule has 1 amide bonds. The van der Waals surface area contributed by atoms with Crippen LogP contribution in [0.5, 0.6) is 0 Å². The van der Waals surface area contributed by atoms with Gasteiger partial charge in [-0.1, -0.05) is 0 Å². The molecule has 4 nitrogen and oxygen atoms in total. The van der Waals surface area contributed by atoms with Gasteiger partial charge >= 0.3 is 104 Å². The molecule has 1 saturated heterocycles. The van der Waals surface area contributed by atoms with Gasteiger partial charge in [-0.2, -0.15) is 0 Å². The maximum atomic E-state index is 11.6. The SMILES string of the molecule is C=[N+]([O-])c1ccc(C(=O)NC)c([C@@H]2C[I-]2)c1. The number of carbonyl (C=O) groups excluding carboxylic acids is 1. The van der Waals surface area contributed by atoms with Crippen LogP contribution in [0.4, 0.5) is 5.69 Å². The number of nitrogens with one attached hydrogen (secondary N) is 1. The van der Waals surface area contributed by atoms with Crippen molar-refractivity contribution in [1.29, 1.82) is 0 Å². The van der Waals surface area contributed by atoms with Crippen molar-refractivity contribution in [1.82, 2.24) is 5.32 Å². The fourth-order valence-electron chi connectivity index (χ4n) is 1.52. The van der Waals surface area contributed by atoms with Gasteiger partial charge in [0.15, 0.2) is 0 Å². The van der Waals surface area contributed by atoms with Crippen LogP contribution in [0.3, 0.4) is 0 Å². The number of amides is 1. The molecule has 0 aromatic heterocycles. The van der Waals surface area contributed by atoms with Crippen molar-refractivity contribution in [3.05, 3.63) is 34.5 Å². The van der Waals surface area contributed by atoms with Crippen LogP contribution in [0, 0.1) is 5.21 Å². The molecule has 1 atom stereocenters. The van der Waals surface area contributed by atoms with E-state index in [-0.39, 0.29) is 27.1 Å². The molecule has 2 rings (SSSR count). The average molecular weight is 331 g/mol. The number of alkyl halides is 2. The van der Waals surface area contributed by atoms with Crippen LogP contribution >= 0.6 is 0 Å². The summed E-state index contributed by atoms with van der Waals surface area (Å²) >= 11 is 0.194. The maximum absolute atomic E-state index is 11.6. The molecule has 1 fully saturated rings. The first-order valence-corrected chi connectivity index (χ1v) is 7.62. The molecule has 16 heavy (non-hydrogen) atoms. The topological polar surface area (TPSA) is 55.2 Å². The first-order valence-electron chi connectivity index (χ1n) is 4.85. The Morgan fingerprint density at radius 1 is 1.69 bits per heavy atom. The molecular weight excluding hydrogens is 319 g/mol. The van der Waals surface area contributed by atoms with E-state index in [2.05, 4.69) is 12.0 Å². The van der Waals surface area contributed by atoms with E-state index in [0.717, 1.165) is 5.56 Å². The molecule has 1 aliphatic heterocycles. The molecule has 0 aliphatic carbocycles. The molecule has 1 heterocycles. The third-order valence-corrected chi connectivity index (χ3v) is 4.87. The van der Waals surface area contributed by atoms with Crippen molar-refractivity contribution in [2.45, 2.75) is 3.92 Å². The number of benzene rings is 1. The first kappa shape index (κ1) is 11.4. The number of hydrogen-bond acceptors (Lipinski definition) is 2. The Balaban J connectivity index is 2.45. The molecule has 1 aromatic rings. The predicted octanol–water partition coefficient (Wildman–Crippen LogP) is -1.97. The normalized spacial score (nSPS) is 18.4. The molecular formula is C11H12IN2O2-. The van der Waals surface area contributed by atoms with Gasteiger partial charge in [-0.25, -0.2) is 0 Å². The zero-order valence-electron chi connectivity index (χ0n) is 8.87. The third kappa shape index (κ3) is 2.18. The van der Waals surface area contributed by atoms with Crippen LogP contribution in [0.15, 0.2) is 18.2 Å². The van der Waals surface area contributed by atoms with E-state index in [9.17, 15) is 10.0 Å². The second kappa shape index (κ2) is 4.40. The summed E-state index contributed by atoms with van der Waals surface area (Å²) < 4.78 is 2.31. The predicted molar refractivity (Wildman–Crippen MR) is 57.8 cm³/mol. The summed E-state index contributed by atoms with van der Waals surface area (Å²) in [6, 6.07) is 5.14. The zero-order valence-corrected chi connectivity index (χ0v) is 11.0. The van der Waals surface area contributed by atoms with Gasteiger partial charge in [-0.3, -0.25) is 0 Å². The minimum absolute atomic E-state index is 0.0843. The monoisotopic (exact) mass is 331 g/mol. The van der Waals surface area contributed by atoms with Gasteiger partial charge in [0.05, 0.1) is 0 Å². The Morgan fingerprint density at radius 2 is 2.38 bits per heavy atom. The van der Waals surface area contributed by atoms with Gasteiger partial charge < -0.3 is 0 Å². The van der Waals surface area contributed by atoms with Crippen LogP contribution < -0.4 is 26.5 Å². The van der Waals surface area contributed by atoms with E-state index in [1.54, 1.807) is 25.2 Å². The van der Waals surface area contributed by atoms with Gasteiger partial charge in [-0.15, -0.1) is 0 Å². The van der Waals surface area contributed by atoms with Crippen molar-refractivity contribution in [3.63, 3.8) is 0 Å². The summed E-state index contributed by atoms with van der Waals surface area (Å²) in [5.74, 6) is -0.0843. The van der Waals surface area contributed by atoms with Gasteiger partial charge in [0.2, 0.25) is 0 Å². The number of halogens is 1. The van der Waals surface area contributed by atoms with Crippen LogP contribution in [-0.4, -0.2) is 28.8 Å². The molecule has 0 bridgehead atoms. The van der Waals surface area contributed by atoms with E-state index in [0.29, 0.717) is 19.9 Å². The van der Waals surface area contributed by atoms with E-state index in [1.807, 2.05) is 0 Å². The van der Waals surface area contributed by atoms with Gasteiger partial charge in [0.25, 0.3) is 0 Å². The fourth-order valence-corrected chi connectivity index (χ4v) is 3.24. The molecule has 5 heteroatoms. The van der Waals surface area contributed by atoms with Gasteiger partial charge in [-0.05, 0) is 0 Å². The number of carbonyl (C=O) groups is 1. The summed E-state index contributed by atoms with van der Waals surface area (Å²) in [6.45, 7) is 3.31. The van der Waals surface area contributed by atoms with E-state index in [1.165, 1.54) is 4.43 Å². The van der Waals surface area contributed by atoms with Crippen LogP contribution in [0.2, 0.25) is 0 Å². The molecule has 0 radical (unpaired) electrons. The Labute approximate surface area is 104 Å². The summed E-state index contributed by atoms with van der Waals surface area (Å²) in [7, 11) is 1.61. The molecule has 0 spiro atoms. The average Bonchev–Trinajstić information content (AvgIpc) is 3.11. The Kier molecular flexibility index (Phi) is 3.13. The van der Waals surface area contributed by atoms with Crippen molar-refractivity contribution in [3.8, 4) is 0 Å². The fraction of sp³-hybridized carbons (Fsp3) is 0.273. The molecule has 1 N–H and O–H groups in total.